The summed E-state index contributed by atoms with van der Waals surface area (Å²) in [6, 6.07) is 6.05. The Bertz CT molecular complexity index is 1160. The summed E-state index contributed by atoms with van der Waals surface area (Å²) in [5.74, 6) is 0.917. The van der Waals surface area contributed by atoms with Crippen LogP contribution in [-0.4, -0.2) is 59.7 Å². The third kappa shape index (κ3) is 3.55. The molecule has 0 aromatic carbocycles. The summed E-state index contributed by atoms with van der Waals surface area (Å²) in [7, 11) is 0. The third-order valence-corrected chi connectivity index (χ3v) is 5.52. The smallest absolute Gasteiger partial charge is 0.243 e. The van der Waals surface area contributed by atoms with Crippen molar-refractivity contribution in [2.75, 3.05) is 24.3 Å². The van der Waals surface area contributed by atoms with Gasteiger partial charge in [0.2, 0.25) is 5.95 Å². The Balaban J connectivity index is 1.35. The lowest BCUT2D eigenvalue weighted by Crippen LogP contribution is -2.31. The number of nitrogens with one attached hydrogen (secondary N) is 1. The molecule has 4 aromatic heterocycles. The lowest BCUT2D eigenvalue weighted by atomic mass is 9.93. The van der Waals surface area contributed by atoms with E-state index in [0.717, 1.165) is 48.1 Å². The average molecular weight is 408 g/mol. The van der Waals surface area contributed by atoms with Crippen LogP contribution < -0.4 is 11.1 Å². The second-order valence-corrected chi connectivity index (χ2v) is 7.50. The lowest BCUT2D eigenvalue weighted by Gasteiger charge is -2.29. The second-order valence-electron chi connectivity index (χ2n) is 7.50. The Morgan fingerprint density at radius 1 is 1.10 bits per heavy atom. The van der Waals surface area contributed by atoms with E-state index in [1.54, 1.807) is 15.2 Å². The molecule has 0 aliphatic heterocycles. The molecule has 0 spiro atoms. The number of aliphatic hydroxyl groups excluding tert-OH is 1. The molecule has 10 nitrogen and oxygen atoms in total. The van der Waals surface area contributed by atoms with Crippen LogP contribution in [-0.2, 0) is 4.74 Å². The van der Waals surface area contributed by atoms with E-state index in [2.05, 4.69) is 25.5 Å². The zero-order chi connectivity index (χ0) is 20.5. The van der Waals surface area contributed by atoms with Crippen molar-refractivity contribution in [3.05, 3.63) is 36.8 Å². The van der Waals surface area contributed by atoms with Crippen molar-refractivity contribution in [3.63, 3.8) is 0 Å². The minimum Gasteiger partial charge on any atom is -0.394 e. The third-order valence-electron chi connectivity index (χ3n) is 5.52. The Hall–Kier alpha value is -3.24. The van der Waals surface area contributed by atoms with Gasteiger partial charge >= 0.3 is 0 Å². The van der Waals surface area contributed by atoms with E-state index in [4.69, 9.17) is 15.6 Å². The summed E-state index contributed by atoms with van der Waals surface area (Å²) in [4.78, 5) is 8.72. The van der Waals surface area contributed by atoms with Gasteiger partial charge < -0.3 is 20.9 Å². The molecular weight excluding hydrogens is 384 g/mol. The van der Waals surface area contributed by atoms with Crippen LogP contribution in [0.5, 0.6) is 0 Å². The molecule has 0 radical (unpaired) electrons. The van der Waals surface area contributed by atoms with Gasteiger partial charge in [-0.15, -0.1) is 5.10 Å². The Morgan fingerprint density at radius 3 is 2.80 bits per heavy atom. The first-order valence-corrected chi connectivity index (χ1v) is 10.2. The first kappa shape index (κ1) is 18.8. The Morgan fingerprint density at radius 2 is 1.97 bits per heavy atom. The van der Waals surface area contributed by atoms with Crippen LogP contribution in [0.2, 0.25) is 0 Å². The molecule has 1 saturated carbocycles. The number of rotatable bonds is 6. The fourth-order valence-electron chi connectivity index (χ4n) is 4.05. The highest BCUT2D eigenvalue weighted by molar-refractivity contribution is 5.86. The van der Waals surface area contributed by atoms with Crippen LogP contribution in [0, 0.1) is 0 Å². The fraction of sp³-hybridized carbons (Fsp3) is 0.400. The number of nitrogens with two attached hydrogens (primary N) is 1. The van der Waals surface area contributed by atoms with Crippen LogP contribution in [0.25, 0.3) is 22.4 Å². The molecular formula is C20H24N8O2. The van der Waals surface area contributed by atoms with Crippen LogP contribution in [0.15, 0.2) is 36.8 Å². The molecule has 4 N–H and O–H groups in total. The van der Waals surface area contributed by atoms with Crippen LogP contribution in [0.3, 0.4) is 0 Å². The number of fused-ring (bicyclic) bond motifs is 2. The van der Waals surface area contributed by atoms with Crippen molar-refractivity contribution in [3.8, 4) is 11.3 Å². The molecule has 10 heteroatoms. The molecule has 0 atom stereocenters. The van der Waals surface area contributed by atoms with Crippen molar-refractivity contribution >= 4 is 22.9 Å². The van der Waals surface area contributed by atoms with E-state index < -0.39 is 0 Å². The largest absolute Gasteiger partial charge is 0.394 e. The number of aliphatic hydroxyl groups is 1. The number of aromatic nitrogens is 6. The van der Waals surface area contributed by atoms with Crippen molar-refractivity contribution < 1.29 is 9.84 Å². The van der Waals surface area contributed by atoms with Crippen LogP contribution in [0.4, 0.5) is 11.8 Å². The standard InChI is InChI=1S/C20H24N8O2/c21-19-18-15(16-5-6-17-22-8-10-27(17)25-16)7-9-28(18)26-20(24-19)23-13-1-3-14(4-2-13)30-12-11-29/h5-10,13-14,29H,1-4,11-12H2,(H3,21,23,24,26). The number of ether oxygens (including phenoxy) is 1. The zero-order valence-electron chi connectivity index (χ0n) is 16.5. The quantitative estimate of drug-likeness (QED) is 0.440. The van der Waals surface area contributed by atoms with Crippen molar-refractivity contribution in [1.29, 1.82) is 0 Å². The van der Waals surface area contributed by atoms with E-state index in [1.807, 2.05) is 30.6 Å². The summed E-state index contributed by atoms with van der Waals surface area (Å²) in [5.41, 5.74) is 9.48. The zero-order valence-corrected chi connectivity index (χ0v) is 16.5. The molecule has 0 unspecified atom stereocenters. The molecule has 1 fully saturated rings. The highest BCUT2D eigenvalue weighted by Crippen LogP contribution is 2.28. The van der Waals surface area contributed by atoms with E-state index in [9.17, 15) is 0 Å². The van der Waals surface area contributed by atoms with E-state index in [1.165, 1.54) is 0 Å². The van der Waals surface area contributed by atoms with E-state index in [-0.39, 0.29) is 18.8 Å². The normalized spacial score (nSPS) is 19.5. The molecule has 1 aliphatic rings. The number of anilines is 2. The number of hydrogen-bond acceptors (Lipinski definition) is 8. The van der Waals surface area contributed by atoms with E-state index >= 15 is 0 Å². The minimum absolute atomic E-state index is 0.0653. The number of imidazole rings is 1. The van der Waals surface area contributed by atoms with Crippen molar-refractivity contribution in [1.82, 2.24) is 29.2 Å². The number of nitrogens with zero attached hydrogens (tertiary/aromatic N) is 6. The highest BCUT2D eigenvalue weighted by atomic mass is 16.5. The van der Waals surface area contributed by atoms with Gasteiger partial charge in [0.15, 0.2) is 11.5 Å². The molecule has 5 rings (SSSR count). The van der Waals surface area contributed by atoms with Crippen LogP contribution in [0.1, 0.15) is 25.7 Å². The van der Waals surface area contributed by atoms with Gasteiger partial charge in [-0.05, 0) is 43.9 Å². The van der Waals surface area contributed by atoms with Crippen molar-refractivity contribution in [2.24, 2.45) is 0 Å². The monoisotopic (exact) mass is 408 g/mol. The first-order valence-electron chi connectivity index (χ1n) is 10.2. The second kappa shape index (κ2) is 7.88. The van der Waals surface area contributed by atoms with Gasteiger partial charge in [0.05, 0.1) is 25.0 Å². The molecule has 0 amide bonds. The predicted molar refractivity (Wildman–Crippen MR) is 112 cm³/mol. The molecule has 0 saturated heterocycles. The summed E-state index contributed by atoms with van der Waals surface area (Å²) in [6.45, 7) is 0.466. The van der Waals surface area contributed by atoms with Gasteiger partial charge in [-0.2, -0.15) is 10.1 Å². The molecule has 4 aromatic rings. The predicted octanol–water partition coefficient (Wildman–Crippen LogP) is 1.75. The maximum absolute atomic E-state index is 8.89. The molecule has 4 heterocycles. The molecule has 156 valence electrons. The average Bonchev–Trinajstić information content (AvgIpc) is 3.39. The van der Waals surface area contributed by atoms with Gasteiger partial charge in [-0.3, -0.25) is 0 Å². The summed E-state index contributed by atoms with van der Waals surface area (Å²) < 4.78 is 9.10. The summed E-state index contributed by atoms with van der Waals surface area (Å²) >= 11 is 0. The Labute approximate surface area is 172 Å². The molecule has 0 bridgehead atoms. The minimum atomic E-state index is 0.0653. The maximum Gasteiger partial charge on any atom is 0.243 e. The van der Waals surface area contributed by atoms with Gasteiger partial charge in [0, 0.05) is 30.2 Å². The van der Waals surface area contributed by atoms with Gasteiger partial charge in [-0.1, -0.05) is 0 Å². The fourth-order valence-corrected chi connectivity index (χ4v) is 4.05. The number of hydrogen-bond donors (Lipinski definition) is 3. The van der Waals surface area contributed by atoms with Gasteiger partial charge in [0.1, 0.15) is 5.52 Å². The van der Waals surface area contributed by atoms with Crippen LogP contribution >= 0.6 is 0 Å². The van der Waals surface area contributed by atoms with Gasteiger partial charge in [0.25, 0.3) is 0 Å². The summed E-state index contributed by atoms with van der Waals surface area (Å²) in [6.07, 6.45) is 9.43. The number of nitrogen functional groups attached to an aromatic ring is 1. The Kier molecular flexibility index (Phi) is 4.93. The topological polar surface area (TPSA) is 128 Å². The first-order chi connectivity index (χ1) is 14.7. The highest BCUT2D eigenvalue weighted by Gasteiger charge is 2.23. The summed E-state index contributed by atoms with van der Waals surface area (Å²) in [5, 5.41) is 21.5. The van der Waals surface area contributed by atoms with E-state index in [0.29, 0.717) is 18.4 Å². The van der Waals surface area contributed by atoms with Gasteiger partial charge in [-0.25, -0.2) is 14.0 Å². The lowest BCUT2D eigenvalue weighted by molar-refractivity contribution is 0.00719. The maximum atomic E-state index is 8.89. The SMILES string of the molecule is Nc1nc(NC2CCC(OCCO)CC2)nn2ccc(-c3ccc4nccn4n3)c12. The molecule has 30 heavy (non-hydrogen) atoms. The van der Waals surface area contributed by atoms with Crippen molar-refractivity contribution in [2.45, 2.75) is 37.8 Å². The molecule has 1 aliphatic carbocycles.